The van der Waals surface area contributed by atoms with Gasteiger partial charge in [0.15, 0.2) is 0 Å². The summed E-state index contributed by atoms with van der Waals surface area (Å²) in [6.07, 6.45) is 5.59. The van der Waals surface area contributed by atoms with E-state index >= 15 is 0 Å². The summed E-state index contributed by atoms with van der Waals surface area (Å²) in [5.41, 5.74) is 1.16. The Hall–Kier alpha value is 0.220. The van der Waals surface area contributed by atoms with E-state index in [0.29, 0.717) is 6.73 Å². The molecule has 2 nitrogen and oxygen atoms in total. The molecule has 0 spiro atoms. The average molecular weight is 325 g/mol. The summed E-state index contributed by atoms with van der Waals surface area (Å²) in [5.74, 6) is 0.941. The lowest BCUT2D eigenvalue weighted by atomic mass is 10.2. The lowest BCUT2D eigenvalue weighted by molar-refractivity contribution is 0.0845. The Morgan fingerprint density at radius 3 is 2.71 bits per heavy atom. The molecule has 0 saturated heterocycles. The molecular weight excluding hydrogens is 309 g/mol. The zero-order chi connectivity index (χ0) is 10.8. The van der Waals surface area contributed by atoms with Crippen molar-refractivity contribution in [3.05, 3.63) is 37.0 Å². The normalized spacial score (nSPS) is 11.8. The maximum Gasteiger partial charge on any atom is 0.0996 e. The average Bonchev–Trinajstić information content (AvgIpc) is 2.18. The predicted molar refractivity (Wildman–Crippen MR) is 73.5 cm³/mol. The summed E-state index contributed by atoms with van der Waals surface area (Å²) in [6, 6.07) is 0. The first-order chi connectivity index (χ1) is 6.78. The first-order valence-corrected chi connectivity index (χ1v) is 7.70. The Morgan fingerprint density at radius 1 is 1.57 bits per heavy atom. The van der Waals surface area contributed by atoms with Gasteiger partial charge in [0.2, 0.25) is 0 Å². The van der Waals surface area contributed by atoms with Gasteiger partial charge in [-0.15, -0.1) is 0 Å². The number of nitrogens with zero attached hydrogens (tertiary/aromatic N) is 1. The molecule has 80 valence electrons. The second kappa shape index (κ2) is 9.76. The van der Waals surface area contributed by atoms with Crippen LogP contribution in [-0.4, -0.2) is 31.2 Å². The van der Waals surface area contributed by atoms with Crippen molar-refractivity contribution < 1.29 is 4.74 Å². The molecule has 0 unspecified atom stereocenters. The fraction of sp³-hybridized carbons (Fsp3) is 0.400. The first kappa shape index (κ1) is 14.2. The molecule has 0 heterocycles. The van der Waals surface area contributed by atoms with E-state index in [0.717, 1.165) is 18.0 Å². The van der Waals surface area contributed by atoms with Crippen molar-refractivity contribution >= 4 is 30.1 Å². The fourth-order valence-corrected chi connectivity index (χ4v) is 2.46. The zero-order valence-electron chi connectivity index (χ0n) is 8.41. The summed E-state index contributed by atoms with van der Waals surface area (Å²) in [5, 5.41) is 0. The number of hydrogen-bond acceptors (Lipinski definition) is 3. The predicted octanol–water partition coefficient (Wildman–Crippen LogP) is 3.23. The minimum atomic E-state index is 0.637. The minimum Gasteiger partial charge on any atom is -0.369 e. The molecule has 0 atom stereocenters. The largest absolute Gasteiger partial charge is 0.369 e. The van der Waals surface area contributed by atoms with Crippen LogP contribution in [0, 0.1) is 0 Å². The van der Waals surface area contributed by atoms with Gasteiger partial charge in [-0.25, -0.2) is 0 Å². The van der Waals surface area contributed by atoms with E-state index in [9.17, 15) is 0 Å². The summed E-state index contributed by atoms with van der Waals surface area (Å²) in [4.78, 5) is 2.19. The fourth-order valence-electron chi connectivity index (χ4n) is 0.975. The van der Waals surface area contributed by atoms with E-state index in [4.69, 9.17) is 4.74 Å². The van der Waals surface area contributed by atoms with Crippen LogP contribution in [-0.2, 0) is 4.74 Å². The third-order valence-electron chi connectivity index (χ3n) is 1.54. The van der Waals surface area contributed by atoms with Crippen LogP contribution < -0.4 is 0 Å². The Labute approximate surface area is 103 Å². The molecule has 0 amide bonds. The molecule has 0 aliphatic heterocycles. The highest BCUT2D eigenvalue weighted by molar-refractivity contribution is 14.2. The maximum absolute atomic E-state index is 5.10. The number of halogens is 1. The van der Waals surface area contributed by atoms with E-state index in [1.54, 1.807) is 22.1 Å². The molecule has 0 N–H and O–H groups in total. The molecule has 0 aliphatic rings. The highest BCUT2D eigenvalue weighted by Gasteiger charge is 2.04. The lowest BCUT2D eigenvalue weighted by Crippen LogP contribution is -2.27. The second-order valence-electron chi connectivity index (χ2n) is 2.67. The van der Waals surface area contributed by atoms with Gasteiger partial charge in [0.1, 0.15) is 0 Å². The molecule has 0 aliphatic carbocycles. The van der Waals surface area contributed by atoms with Crippen LogP contribution in [0.1, 0.15) is 0 Å². The molecule has 0 aromatic carbocycles. The Bertz CT molecular complexity index is 200. The SMILES string of the molecule is C=C/C=C(\C=C)CN(COC)CSI. The topological polar surface area (TPSA) is 12.5 Å². The van der Waals surface area contributed by atoms with Crippen LogP contribution in [0.3, 0.4) is 0 Å². The smallest absolute Gasteiger partial charge is 0.0996 e. The Kier molecular flexibility index (Phi) is 9.92. The number of hydrogen-bond donors (Lipinski definition) is 0. The second-order valence-corrected chi connectivity index (χ2v) is 5.01. The minimum absolute atomic E-state index is 0.637. The Balaban J connectivity index is 4.16. The van der Waals surface area contributed by atoms with Crippen LogP contribution in [0.5, 0.6) is 0 Å². The van der Waals surface area contributed by atoms with Crippen LogP contribution in [0.15, 0.2) is 37.0 Å². The van der Waals surface area contributed by atoms with Gasteiger partial charge in [0, 0.05) is 13.7 Å². The van der Waals surface area contributed by atoms with Crippen molar-refractivity contribution in [2.75, 3.05) is 26.3 Å². The van der Waals surface area contributed by atoms with Crippen molar-refractivity contribution in [2.24, 2.45) is 0 Å². The third-order valence-corrected chi connectivity index (χ3v) is 2.84. The van der Waals surface area contributed by atoms with Crippen LogP contribution >= 0.6 is 30.1 Å². The van der Waals surface area contributed by atoms with Crippen molar-refractivity contribution in [2.45, 2.75) is 0 Å². The Morgan fingerprint density at radius 2 is 2.29 bits per heavy atom. The van der Waals surface area contributed by atoms with Gasteiger partial charge in [0.05, 0.1) is 12.6 Å². The molecule has 4 heteroatoms. The van der Waals surface area contributed by atoms with Crippen molar-refractivity contribution in [1.82, 2.24) is 4.90 Å². The van der Waals surface area contributed by atoms with Crippen molar-refractivity contribution in [3.8, 4) is 0 Å². The first-order valence-electron chi connectivity index (χ1n) is 4.17. The highest BCUT2D eigenvalue weighted by atomic mass is 127. The summed E-state index contributed by atoms with van der Waals surface area (Å²) in [7, 11) is 3.45. The number of methoxy groups -OCH3 is 1. The molecule has 0 aromatic rings. The van der Waals surface area contributed by atoms with Gasteiger partial charge in [-0.1, -0.05) is 40.3 Å². The van der Waals surface area contributed by atoms with E-state index in [-0.39, 0.29) is 0 Å². The van der Waals surface area contributed by atoms with Crippen molar-refractivity contribution in [3.63, 3.8) is 0 Å². The summed E-state index contributed by atoms with van der Waals surface area (Å²) < 4.78 is 5.10. The summed E-state index contributed by atoms with van der Waals surface area (Å²) >= 11 is 2.28. The molecule has 0 aromatic heterocycles. The molecular formula is C10H16INOS. The zero-order valence-corrected chi connectivity index (χ0v) is 11.4. The van der Waals surface area contributed by atoms with Crippen LogP contribution in [0.25, 0.3) is 0 Å². The molecule has 0 bridgehead atoms. The molecule has 0 radical (unpaired) electrons. The monoisotopic (exact) mass is 325 g/mol. The van der Waals surface area contributed by atoms with Gasteiger partial charge in [-0.2, -0.15) is 0 Å². The van der Waals surface area contributed by atoms with E-state index < -0.39 is 0 Å². The van der Waals surface area contributed by atoms with Crippen LogP contribution in [0.2, 0.25) is 0 Å². The number of ether oxygens (including phenoxy) is 1. The molecule has 0 rings (SSSR count). The molecule has 0 fully saturated rings. The van der Waals surface area contributed by atoms with Gasteiger partial charge >= 0.3 is 0 Å². The lowest BCUT2D eigenvalue weighted by Gasteiger charge is -2.19. The van der Waals surface area contributed by atoms with Gasteiger partial charge in [-0.05, 0) is 26.8 Å². The van der Waals surface area contributed by atoms with Gasteiger partial charge < -0.3 is 4.74 Å². The summed E-state index contributed by atoms with van der Waals surface area (Å²) in [6.45, 7) is 8.91. The highest BCUT2D eigenvalue weighted by Crippen LogP contribution is 2.14. The van der Waals surface area contributed by atoms with E-state index in [2.05, 4.69) is 39.3 Å². The van der Waals surface area contributed by atoms with Gasteiger partial charge in [0.25, 0.3) is 0 Å². The van der Waals surface area contributed by atoms with Crippen LogP contribution in [0.4, 0.5) is 0 Å². The maximum atomic E-state index is 5.10. The number of allylic oxidation sites excluding steroid dienone is 2. The number of rotatable bonds is 8. The van der Waals surface area contributed by atoms with Gasteiger partial charge in [-0.3, -0.25) is 4.90 Å². The molecule has 14 heavy (non-hydrogen) atoms. The quantitative estimate of drug-likeness (QED) is 0.386. The van der Waals surface area contributed by atoms with E-state index in [1.165, 1.54) is 0 Å². The third kappa shape index (κ3) is 6.64. The molecule has 0 saturated carbocycles. The van der Waals surface area contributed by atoms with Crippen molar-refractivity contribution in [1.29, 1.82) is 0 Å². The van der Waals surface area contributed by atoms with E-state index in [1.807, 2.05) is 12.2 Å². The standard InChI is InChI=1S/C10H16INOS/c1-4-6-10(5-2)7-12(8-13-3)9-14-11/h4-6H,1-2,7-9H2,3H3/b10-6+.